The number of hydrogen-bond donors (Lipinski definition) is 2. The molecule has 17 heavy (non-hydrogen) atoms. The first-order chi connectivity index (χ1) is 8.18. The lowest BCUT2D eigenvalue weighted by molar-refractivity contribution is 0.715. The van der Waals surface area contributed by atoms with Crippen LogP contribution in [0.15, 0.2) is 35.7 Å². The van der Waals surface area contributed by atoms with Crippen LogP contribution in [0.4, 0.5) is 0 Å². The van der Waals surface area contributed by atoms with Gasteiger partial charge in [0.15, 0.2) is 5.16 Å². The van der Waals surface area contributed by atoms with Gasteiger partial charge in [0, 0.05) is 6.04 Å². The smallest absolute Gasteiger partial charge is 0.184 e. The first-order valence-corrected chi connectivity index (χ1v) is 6.39. The summed E-state index contributed by atoms with van der Waals surface area (Å²) in [5.41, 5.74) is 8.58. The minimum absolute atomic E-state index is 0.0474. The van der Waals surface area contributed by atoms with E-state index < -0.39 is 0 Å². The van der Waals surface area contributed by atoms with E-state index in [4.69, 9.17) is 5.73 Å². The number of nitrogens with two attached hydrogens (primary N) is 1. The van der Waals surface area contributed by atoms with E-state index in [-0.39, 0.29) is 11.3 Å². The zero-order chi connectivity index (χ0) is 12.3. The molecule has 3 N–H and O–H groups in total. The number of benzene rings is 1. The predicted molar refractivity (Wildman–Crippen MR) is 69.8 cm³/mol. The number of rotatable bonds is 4. The number of H-pyrrole nitrogens is 1. The Kier molecular flexibility index (Phi) is 3.81. The summed E-state index contributed by atoms with van der Waals surface area (Å²) in [7, 11) is 0. The molecule has 0 saturated carbocycles. The highest BCUT2D eigenvalue weighted by molar-refractivity contribution is 7.99. The Morgan fingerprint density at radius 3 is 2.71 bits per heavy atom. The average molecular weight is 248 g/mol. The third-order valence-corrected chi connectivity index (χ3v) is 3.96. The van der Waals surface area contributed by atoms with E-state index in [1.54, 1.807) is 11.8 Å². The topological polar surface area (TPSA) is 67.6 Å². The maximum absolute atomic E-state index is 6.07. The van der Waals surface area contributed by atoms with Gasteiger partial charge in [0.25, 0.3) is 0 Å². The van der Waals surface area contributed by atoms with Crippen molar-refractivity contribution in [2.45, 2.75) is 30.3 Å². The van der Waals surface area contributed by atoms with Gasteiger partial charge in [-0.25, -0.2) is 4.98 Å². The van der Waals surface area contributed by atoms with Gasteiger partial charge in [-0.05, 0) is 25.0 Å². The van der Waals surface area contributed by atoms with E-state index in [2.05, 4.69) is 34.2 Å². The van der Waals surface area contributed by atoms with E-state index in [1.807, 2.05) is 19.1 Å². The molecule has 0 bridgehead atoms. The Hall–Kier alpha value is -1.33. The fourth-order valence-electron chi connectivity index (χ4n) is 1.73. The molecule has 0 aliphatic carbocycles. The summed E-state index contributed by atoms with van der Waals surface area (Å²) in [5.74, 6) is 0. The number of hydrogen-bond acceptors (Lipinski definition) is 4. The molecule has 1 aromatic heterocycles. The lowest BCUT2D eigenvalue weighted by atomic mass is 10.0. The van der Waals surface area contributed by atoms with Gasteiger partial charge in [0.05, 0.1) is 5.25 Å². The monoisotopic (exact) mass is 248 g/mol. The zero-order valence-corrected chi connectivity index (χ0v) is 10.7. The lowest BCUT2D eigenvalue weighted by Gasteiger charge is -2.21. The predicted octanol–water partition coefficient (Wildman–Crippen LogP) is 2.29. The Bertz CT molecular complexity index is 467. The van der Waals surface area contributed by atoms with Crippen LogP contribution in [0.3, 0.4) is 0 Å². The molecule has 0 saturated heterocycles. The number of nitrogens with one attached hydrogen (secondary N) is 1. The van der Waals surface area contributed by atoms with Crippen LogP contribution < -0.4 is 5.73 Å². The molecule has 2 aromatic rings. The van der Waals surface area contributed by atoms with Gasteiger partial charge >= 0.3 is 0 Å². The second-order valence-corrected chi connectivity index (χ2v) is 5.18. The molecule has 2 rings (SSSR count). The van der Waals surface area contributed by atoms with E-state index in [1.165, 1.54) is 17.5 Å². The van der Waals surface area contributed by atoms with Gasteiger partial charge in [0.1, 0.15) is 6.33 Å². The number of aryl methyl sites for hydroxylation is 1. The molecular formula is C12H16N4S. The van der Waals surface area contributed by atoms with E-state index in [9.17, 15) is 0 Å². The van der Waals surface area contributed by atoms with Crippen LogP contribution in [-0.2, 0) is 0 Å². The third-order valence-electron chi connectivity index (χ3n) is 2.60. The van der Waals surface area contributed by atoms with Crippen LogP contribution in [0.5, 0.6) is 0 Å². The number of aromatic nitrogens is 3. The normalized spacial score (nSPS) is 14.5. The first kappa shape index (κ1) is 12.1. The first-order valence-electron chi connectivity index (χ1n) is 5.51. The average Bonchev–Trinajstić information content (AvgIpc) is 2.79. The van der Waals surface area contributed by atoms with Crippen molar-refractivity contribution in [3.8, 4) is 0 Å². The Balaban J connectivity index is 2.27. The molecule has 1 aromatic carbocycles. The van der Waals surface area contributed by atoms with Crippen LogP contribution >= 0.6 is 11.8 Å². The van der Waals surface area contributed by atoms with E-state index >= 15 is 0 Å². The van der Waals surface area contributed by atoms with Crippen LogP contribution in [0.1, 0.15) is 23.3 Å². The molecule has 1 heterocycles. The Morgan fingerprint density at radius 2 is 2.12 bits per heavy atom. The van der Waals surface area contributed by atoms with Gasteiger partial charge in [-0.15, -0.1) is 0 Å². The Labute approximate surface area is 105 Å². The highest BCUT2D eigenvalue weighted by Crippen LogP contribution is 2.36. The van der Waals surface area contributed by atoms with Crippen molar-refractivity contribution in [2.24, 2.45) is 5.73 Å². The van der Waals surface area contributed by atoms with Crippen molar-refractivity contribution in [1.82, 2.24) is 15.2 Å². The van der Waals surface area contributed by atoms with Gasteiger partial charge < -0.3 is 5.73 Å². The highest BCUT2D eigenvalue weighted by atomic mass is 32.2. The fraction of sp³-hybridized carbons (Fsp3) is 0.333. The zero-order valence-electron chi connectivity index (χ0n) is 9.92. The molecule has 0 radical (unpaired) electrons. The van der Waals surface area contributed by atoms with Crippen molar-refractivity contribution in [1.29, 1.82) is 0 Å². The van der Waals surface area contributed by atoms with Gasteiger partial charge in [0.2, 0.25) is 0 Å². The van der Waals surface area contributed by atoms with E-state index in [0.717, 1.165) is 5.16 Å². The van der Waals surface area contributed by atoms with Crippen molar-refractivity contribution >= 4 is 11.8 Å². The Morgan fingerprint density at radius 1 is 1.35 bits per heavy atom. The van der Waals surface area contributed by atoms with Crippen molar-refractivity contribution in [2.75, 3.05) is 0 Å². The molecule has 0 amide bonds. The largest absolute Gasteiger partial charge is 0.327 e. The quantitative estimate of drug-likeness (QED) is 0.815. The summed E-state index contributed by atoms with van der Waals surface area (Å²) in [6, 6.07) is 8.35. The number of aromatic amines is 1. The summed E-state index contributed by atoms with van der Waals surface area (Å²) in [4.78, 5) is 4.13. The van der Waals surface area contributed by atoms with Crippen LogP contribution in [0.25, 0.3) is 0 Å². The summed E-state index contributed by atoms with van der Waals surface area (Å²) in [6.07, 6.45) is 1.51. The minimum Gasteiger partial charge on any atom is -0.327 e. The molecule has 5 heteroatoms. The summed E-state index contributed by atoms with van der Waals surface area (Å²) < 4.78 is 0. The summed E-state index contributed by atoms with van der Waals surface area (Å²) >= 11 is 1.62. The standard InChI is InChI=1S/C12H16N4S/c1-8-5-3-4-6-10(8)11(9(2)13)17-12-14-7-15-16-12/h3-7,9,11H,13H2,1-2H3,(H,14,15,16). The van der Waals surface area contributed by atoms with Crippen molar-refractivity contribution < 1.29 is 0 Å². The molecule has 0 aliphatic rings. The van der Waals surface area contributed by atoms with E-state index in [0.29, 0.717) is 0 Å². The second-order valence-electron chi connectivity index (χ2n) is 4.04. The van der Waals surface area contributed by atoms with Gasteiger partial charge in [-0.2, -0.15) is 5.10 Å². The molecule has 4 nitrogen and oxygen atoms in total. The molecule has 0 fully saturated rings. The van der Waals surface area contributed by atoms with Crippen molar-refractivity contribution in [3.05, 3.63) is 41.7 Å². The molecular weight excluding hydrogens is 232 g/mol. The lowest BCUT2D eigenvalue weighted by Crippen LogP contribution is -2.23. The van der Waals surface area contributed by atoms with Crippen LogP contribution in [0, 0.1) is 6.92 Å². The third kappa shape index (κ3) is 2.87. The number of thioether (sulfide) groups is 1. The maximum Gasteiger partial charge on any atom is 0.184 e. The SMILES string of the molecule is Cc1ccccc1C(Sc1ncn[nH]1)C(C)N. The summed E-state index contributed by atoms with van der Waals surface area (Å²) in [5, 5.41) is 7.70. The van der Waals surface area contributed by atoms with Gasteiger partial charge in [-0.3, -0.25) is 5.10 Å². The summed E-state index contributed by atoms with van der Waals surface area (Å²) in [6.45, 7) is 4.12. The van der Waals surface area contributed by atoms with Crippen LogP contribution in [-0.4, -0.2) is 21.2 Å². The van der Waals surface area contributed by atoms with Crippen molar-refractivity contribution in [3.63, 3.8) is 0 Å². The second kappa shape index (κ2) is 5.33. The molecule has 2 unspecified atom stereocenters. The van der Waals surface area contributed by atoms with Gasteiger partial charge in [-0.1, -0.05) is 36.0 Å². The molecule has 0 spiro atoms. The maximum atomic E-state index is 6.07. The minimum atomic E-state index is 0.0474. The molecule has 2 atom stereocenters. The number of nitrogens with zero attached hydrogens (tertiary/aromatic N) is 2. The fourth-order valence-corrected chi connectivity index (χ4v) is 2.79. The molecule has 90 valence electrons. The highest BCUT2D eigenvalue weighted by Gasteiger charge is 2.20. The molecule has 0 aliphatic heterocycles. The van der Waals surface area contributed by atoms with Crippen LogP contribution in [0.2, 0.25) is 0 Å².